The highest BCUT2D eigenvalue weighted by Gasteiger charge is 2.44. The van der Waals surface area contributed by atoms with Gasteiger partial charge in [-0.3, -0.25) is 4.79 Å². The molecule has 0 aromatic heterocycles. The molecule has 0 radical (unpaired) electrons. The second kappa shape index (κ2) is 9.72. The number of carbonyl (C=O) groups is 1. The molecule has 0 saturated carbocycles. The summed E-state index contributed by atoms with van der Waals surface area (Å²) in [6.45, 7) is 4.68. The first-order valence-electron chi connectivity index (χ1n) is 10.4. The van der Waals surface area contributed by atoms with Crippen LogP contribution < -0.4 is 10.1 Å². The average Bonchev–Trinajstić information content (AvgIpc) is 2.65. The zero-order valence-electron chi connectivity index (χ0n) is 17.4. The summed E-state index contributed by atoms with van der Waals surface area (Å²) in [5.41, 5.74) is 0.847. The Hall–Kier alpha value is -1.63. The first kappa shape index (κ1) is 21.1. The fourth-order valence-electron chi connectivity index (χ4n) is 4.28. The van der Waals surface area contributed by atoms with Gasteiger partial charge in [0, 0.05) is 38.3 Å². The van der Waals surface area contributed by atoms with Crippen LogP contribution in [0.2, 0.25) is 0 Å². The van der Waals surface area contributed by atoms with Crippen LogP contribution in [0.1, 0.15) is 50.7 Å². The molecule has 2 aliphatic heterocycles. The van der Waals surface area contributed by atoms with Crippen molar-refractivity contribution in [3.05, 3.63) is 29.8 Å². The molecule has 2 heterocycles. The molecule has 2 aliphatic rings. The predicted octanol–water partition coefficient (Wildman–Crippen LogP) is 2.92. The Bertz CT molecular complexity index is 643. The van der Waals surface area contributed by atoms with Crippen molar-refractivity contribution in [2.24, 2.45) is 0 Å². The second-order valence-corrected chi connectivity index (χ2v) is 8.28. The number of nitrogens with one attached hydrogen (secondary N) is 1. The van der Waals surface area contributed by atoms with E-state index in [2.05, 4.69) is 30.4 Å². The molecular formula is C22H34N2O4. The molecular weight excluding hydrogens is 356 g/mol. The number of hydrogen-bond donors (Lipinski definition) is 1. The maximum Gasteiger partial charge on any atom is 0.217 e. The van der Waals surface area contributed by atoms with E-state index in [-0.39, 0.29) is 23.7 Å². The highest BCUT2D eigenvalue weighted by atomic mass is 16.5. The van der Waals surface area contributed by atoms with E-state index in [9.17, 15) is 4.79 Å². The van der Waals surface area contributed by atoms with Gasteiger partial charge >= 0.3 is 0 Å². The summed E-state index contributed by atoms with van der Waals surface area (Å²) in [5.74, 6) is 0.901. The molecule has 156 valence electrons. The minimum atomic E-state index is -0.230. The minimum Gasteiger partial charge on any atom is -0.493 e. The zero-order valence-corrected chi connectivity index (χ0v) is 17.4. The van der Waals surface area contributed by atoms with Crippen LogP contribution in [0.25, 0.3) is 0 Å². The average molecular weight is 391 g/mol. The number of amides is 1. The Morgan fingerprint density at radius 3 is 2.75 bits per heavy atom. The largest absolute Gasteiger partial charge is 0.493 e. The molecule has 0 aliphatic carbocycles. The number of hydrogen-bond acceptors (Lipinski definition) is 5. The smallest absolute Gasteiger partial charge is 0.217 e. The lowest BCUT2D eigenvalue weighted by Crippen LogP contribution is -2.51. The van der Waals surface area contributed by atoms with E-state index in [1.54, 1.807) is 6.92 Å². The molecule has 3 rings (SSSR count). The maximum absolute atomic E-state index is 11.7. The van der Waals surface area contributed by atoms with Crippen molar-refractivity contribution in [2.45, 2.75) is 56.8 Å². The molecule has 0 unspecified atom stereocenters. The third-order valence-corrected chi connectivity index (χ3v) is 5.59. The SMILES string of the molecule is CC(=O)N[C@@H]1C[C@H](c2ccccc2OCCCN(C)C)OC2(CCOCC2)C1. The molecule has 6 nitrogen and oxygen atoms in total. The highest BCUT2D eigenvalue weighted by Crippen LogP contribution is 2.44. The van der Waals surface area contributed by atoms with Crippen molar-refractivity contribution < 1.29 is 19.0 Å². The summed E-state index contributed by atoms with van der Waals surface area (Å²) in [6, 6.07) is 8.26. The minimum absolute atomic E-state index is 0.0149. The van der Waals surface area contributed by atoms with Crippen LogP contribution in [0.4, 0.5) is 0 Å². The van der Waals surface area contributed by atoms with E-state index >= 15 is 0 Å². The van der Waals surface area contributed by atoms with Gasteiger partial charge in [-0.25, -0.2) is 0 Å². The Morgan fingerprint density at radius 2 is 2.04 bits per heavy atom. The van der Waals surface area contributed by atoms with E-state index in [1.165, 1.54) is 0 Å². The predicted molar refractivity (Wildman–Crippen MR) is 109 cm³/mol. The number of nitrogens with zero attached hydrogens (tertiary/aromatic N) is 1. The van der Waals surface area contributed by atoms with Gasteiger partial charge in [0.2, 0.25) is 5.91 Å². The first-order valence-corrected chi connectivity index (χ1v) is 10.4. The van der Waals surface area contributed by atoms with Gasteiger partial charge in [-0.15, -0.1) is 0 Å². The summed E-state index contributed by atoms with van der Waals surface area (Å²) in [6.07, 6.45) is 4.23. The van der Waals surface area contributed by atoms with Crippen molar-refractivity contribution in [3.63, 3.8) is 0 Å². The fourth-order valence-corrected chi connectivity index (χ4v) is 4.28. The van der Waals surface area contributed by atoms with E-state index < -0.39 is 0 Å². The van der Waals surface area contributed by atoms with Gasteiger partial charge in [0.05, 0.1) is 18.3 Å². The summed E-state index contributed by atoms with van der Waals surface area (Å²) in [5, 5.41) is 3.13. The van der Waals surface area contributed by atoms with Crippen molar-refractivity contribution in [1.29, 1.82) is 0 Å². The maximum atomic E-state index is 11.7. The van der Waals surface area contributed by atoms with Crippen molar-refractivity contribution in [1.82, 2.24) is 10.2 Å². The highest BCUT2D eigenvalue weighted by molar-refractivity contribution is 5.73. The fraction of sp³-hybridized carbons (Fsp3) is 0.682. The van der Waals surface area contributed by atoms with Crippen molar-refractivity contribution in [3.8, 4) is 5.75 Å². The molecule has 28 heavy (non-hydrogen) atoms. The molecule has 1 N–H and O–H groups in total. The summed E-state index contributed by atoms with van der Waals surface area (Å²) in [4.78, 5) is 13.9. The lowest BCUT2D eigenvalue weighted by Gasteiger charge is -2.47. The van der Waals surface area contributed by atoms with Crippen LogP contribution in [-0.2, 0) is 14.3 Å². The van der Waals surface area contributed by atoms with Gasteiger partial charge in [-0.2, -0.15) is 0 Å². The van der Waals surface area contributed by atoms with Gasteiger partial charge in [-0.1, -0.05) is 18.2 Å². The number of rotatable bonds is 7. The topological polar surface area (TPSA) is 60.0 Å². The van der Waals surface area contributed by atoms with Crippen LogP contribution in [-0.4, -0.2) is 62.9 Å². The molecule has 6 heteroatoms. The molecule has 1 aromatic carbocycles. The summed E-state index contributed by atoms with van der Waals surface area (Å²) in [7, 11) is 4.14. The van der Waals surface area contributed by atoms with Crippen LogP contribution in [0, 0.1) is 0 Å². The first-order chi connectivity index (χ1) is 13.5. The van der Waals surface area contributed by atoms with Crippen LogP contribution in [0.15, 0.2) is 24.3 Å². The monoisotopic (exact) mass is 390 g/mol. The number of benzene rings is 1. The van der Waals surface area contributed by atoms with E-state index in [0.717, 1.165) is 50.0 Å². The zero-order chi connectivity index (χ0) is 20.0. The molecule has 0 bridgehead atoms. The Kier molecular flexibility index (Phi) is 7.32. The van der Waals surface area contributed by atoms with Crippen LogP contribution in [0.3, 0.4) is 0 Å². The van der Waals surface area contributed by atoms with Gasteiger partial charge in [0.15, 0.2) is 0 Å². The Balaban J connectivity index is 1.75. The molecule has 2 fully saturated rings. The molecule has 2 saturated heterocycles. The summed E-state index contributed by atoms with van der Waals surface area (Å²) >= 11 is 0. The summed E-state index contributed by atoms with van der Waals surface area (Å²) < 4.78 is 18.4. The van der Waals surface area contributed by atoms with Crippen molar-refractivity contribution >= 4 is 5.91 Å². The molecule has 1 spiro atoms. The molecule has 1 amide bonds. The third-order valence-electron chi connectivity index (χ3n) is 5.59. The lowest BCUT2D eigenvalue weighted by molar-refractivity contribution is -0.179. The van der Waals surface area contributed by atoms with Crippen molar-refractivity contribution in [2.75, 3.05) is 40.5 Å². The Labute approximate surface area is 168 Å². The third kappa shape index (κ3) is 5.69. The van der Waals surface area contributed by atoms with E-state index in [4.69, 9.17) is 14.2 Å². The number of carbonyl (C=O) groups excluding carboxylic acids is 1. The van der Waals surface area contributed by atoms with Crippen LogP contribution >= 0.6 is 0 Å². The Morgan fingerprint density at radius 1 is 1.29 bits per heavy atom. The second-order valence-electron chi connectivity index (χ2n) is 8.28. The van der Waals surface area contributed by atoms with Gasteiger partial charge in [-0.05, 0) is 52.3 Å². The molecule has 1 aromatic rings. The number of ether oxygens (including phenoxy) is 3. The number of para-hydroxylation sites is 1. The quantitative estimate of drug-likeness (QED) is 0.726. The van der Waals surface area contributed by atoms with E-state index in [1.807, 2.05) is 18.2 Å². The standard InChI is InChI=1S/C22H34N2O4/c1-17(25)23-18-15-21(28-22(16-18)9-13-26-14-10-22)19-7-4-5-8-20(19)27-12-6-11-24(2)3/h4-5,7-8,18,21H,6,9-16H2,1-3H3,(H,23,25)/t18-,21-/m1/s1. The van der Waals surface area contributed by atoms with Gasteiger partial charge < -0.3 is 24.4 Å². The molecule has 2 atom stereocenters. The van der Waals surface area contributed by atoms with Gasteiger partial charge in [0.1, 0.15) is 5.75 Å². The van der Waals surface area contributed by atoms with E-state index in [0.29, 0.717) is 19.8 Å². The van der Waals surface area contributed by atoms with Gasteiger partial charge in [0.25, 0.3) is 0 Å². The van der Waals surface area contributed by atoms with Crippen LogP contribution in [0.5, 0.6) is 5.75 Å². The lowest BCUT2D eigenvalue weighted by atomic mass is 9.81. The normalized spacial score (nSPS) is 24.3.